The maximum atomic E-state index is 11.7. The molecule has 1 rings (SSSR count). The minimum Gasteiger partial charge on any atom is -0.504 e. The van der Waals surface area contributed by atoms with E-state index in [0.717, 1.165) is 5.56 Å². The van der Waals surface area contributed by atoms with Crippen LogP contribution in [-0.4, -0.2) is 24.8 Å². The van der Waals surface area contributed by atoms with Crippen molar-refractivity contribution in [3.05, 3.63) is 23.3 Å². The molecule has 17 heavy (non-hydrogen) atoms. The average Bonchev–Trinajstić information content (AvgIpc) is 2.28. The number of benzene rings is 1. The molecule has 1 N–H and O–H groups in total. The lowest BCUT2D eigenvalue weighted by atomic mass is 9.96. The number of hydrogen-bond acceptors (Lipinski definition) is 4. The molecule has 0 aliphatic rings. The van der Waals surface area contributed by atoms with Crippen molar-refractivity contribution >= 4 is 5.97 Å². The number of methoxy groups -OCH3 is 1. The summed E-state index contributed by atoms with van der Waals surface area (Å²) >= 11 is 0. The summed E-state index contributed by atoms with van der Waals surface area (Å²) in [6.45, 7) is 5.99. The van der Waals surface area contributed by atoms with Gasteiger partial charge >= 0.3 is 5.97 Å². The molecule has 4 nitrogen and oxygen atoms in total. The standard InChI is InChI=1S/C13H18O4/c1-5-17-13(15)10-6-11(14)12(16-4)7-9(10)8(2)3/h6-8,14H,5H2,1-4H3. The Bertz CT molecular complexity index is 410. The van der Waals surface area contributed by atoms with Gasteiger partial charge in [-0.2, -0.15) is 0 Å². The highest BCUT2D eigenvalue weighted by atomic mass is 16.5. The van der Waals surface area contributed by atoms with Gasteiger partial charge in [-0.25, -0.2) is 4.79 Å². The number of phenolic OH excluding ortho intramolecular Hbond substituents is 1. The molecule has 4 heteroatoms. The number of aromatic hydroxyl groups is 1. The molecule has 0 radical (unpaired) electrons. The number of phenols is 1. The van der Waals surface area contributed by atoms with Crippen molar-refractivity contribution in [1.82, 2.24) is 0 Å². The number of carbonyl (C=O) groups is 1. The first kappa shape index (κ1) is 13.4. The summed E-state index contributed by atoms with van der Waals surface area (Å²) in [6.07, 6.45) is 0. The SMILES string of the molecule is CCOC(=O)c1cc(O)c(OC)cc1C(C)C. The number of carbonyl (C=O) groups excluding carboxylic acids is 1. The van der Waals surface area contributed by atoms with Crippen molar-refractivity contribution in [1.29, 1.82) is 0 Å². The van der Waals surface area contributed by atoms with Crippen LogP contribution in [0, 0.1) is 0 Å². The van der Waals surface area contributed by atoms with Gasteiger partial charge in [-0.3, -0.25) is 0 Å². The van der Waals surface area contributed by atoms with Crippen LogP contribution in [0.3, 0.4) is 0 Å². The molecule has 0 spiro atoms. The predicted octanol–water partition coefficient (Wildman–Crippen LogP) is 2.70. The van der Waals surface area contributed by atoms with Gasteiger partial charge in [0.25, 0.3) is 0 Å². The highest BCUT2D eigenvalue weighted by molar-refractivity contribution is 5.92. The van der Waals surface area contributed by atoms with Crippen LogP contribution in [0.5, 0.6) is 11.5 Å². The number of esters is 1. The van der Waals surface area contributed by atoms with E-state index in [-0.39, 0.29) is 11.7 Å². The van der Waals surface area contributed by atoms with Crippen LogP contribution in [0.15, 0.2) is 12.1 Å². The summed E-state index contributed by atoms with van der Waals surface area (Å²) in [4.78, 5) is 11.7. The Kier molecular flexibility index (Phi) is 4.37. The summed E-state index contributed by atoms with van der Waals surface area (Å²) < 4.78 is 9.98. The fraction of sp³-hybridized carbons (Fsp3) is 0.462. The molecule has 0 bridgehead atoms. The molecular formula is C13H18O4. The second kappa shape index (κ2) is 5.57. The Morgan fingerprint density at radius 1 is 1.41 bits per heavy atom. The van der Waals surface area contributed by atoms with Gasteiger partial charge in [-0.1, -0.05) is 13.8 Å². The molecule has 1 aromatic carbocycles. The molecule has 0 unspecified atom stereocenters. The topological polar surface area (TPSA) is 55.8 Å². The molecule has 0 aromatic heterocycles. The van der Waals surface area contributed by atoms with E-state index >= 15 is 0 Å². The summed E-state index contributed by atoms with van der Waals surface area (Å²) in [6, 6.07) is 3.07. The van der Waals surface area contributed by atoms with E-state index in [4.69, 9.17) is 9.47 Å². The maximum absolute atomic E-state index is 11.7. The van der Waals surface area contributed by atoms with Crippen molar-refractivity contribution in [2.45, 2.75) is 26.7 Å². The fourth-order valence-electron chi connectivity index (χ4n) is 1.61. The van der Waals surface area contributed by atoms with E-state index in [9.17, 15) is 9.90 Å². The second-order valence-corrected chi connectivity index (χ2v) is 3.99. The van der Waals surface area contributed by atoms with Crippen LogP contribution in [-0.2, 0) is 4.74 Å². The van der Waals surface area contributed by atoms with Crippen molar-refractivity contribution in [2.24, 2.45) is 0 Å². The number of hydrogen-bond donors (Lipinski definition) is 1. The largest absolute Gasteiger partial charge is 0.504 e. The van der Waals surface area contributed by atoms with Crippen LogP contribution in [0.1, 0.15) is 42.6 Å². The van der Waals surface area contributed by atoms with Gasteiger partial charge in [0.2, 0.25) is 0 Å². The Hall–Kier alpha value is -1.71. The monoisotopic (exact) mass is 238 g/mol. The normalized spacial score (nSPS) is 10.4. The van der Waals surface area contributed by atoms with E-state index in [2.05, 4.69) is 0 Å². The van der Waals surface area contributed by atoms with Gasteiger partial charge in [0, 0.05) is 0 Å². The van der Waals surface area contributed by atoms with Crippen LogP contribution in [0.4, 0.5) is 0 Å². The fourth-order valence-corrected chi connectivity index (χ4v) is 1.61. The van der Waals surface area contributed by atoms with Gasteiger partial charge < -0.3 is 14.6 Å². The summed E-state index contributed by atoms with van der Waals surface area (Å²) in [7, 11) is 1.48. The maximum Gasteiger partial charge on any atom is 0.338 e. The minimum atomic E-state index is -0.422. The summed E-state index contributed by atoms with van der Waals surface area (Å²) in [5.41, 5.74) is 1.19. The number of ether oxygens (including phenoxy) is 2. The lowest BCUT2D eigenvalue weighted by Gasteiger charge is -2.14. The lowest BCUT2D eigenvalue weighted by molar-refractivity contribution is 0.0524. The zero-order valence-electron chi connectivity index (χ0n) is 10.6. The quantitative estimate of drug-likeness (QED) is 0.819. The van der Waals surface area contributed by atoms with Gasteiger partial charge in [0.05, 0.1) is 19.3 Å². The summed E-state index contributed by atoms with van der Waals surface area (Å²) in [5.74, 6) is 0.0276. The van der Waals surface area contributed by atoms with Crippen LogP contribution >= 0.6 is 0 Å². The van der Waals surface area contributed by atoms with E-state index in [1.165, 1.54) is 13.2 Å². The Balaban J connectivity index is 3.27. The first-order valence-corrected chi connectivity index (χ1v) is 5.59. The molecule has 94 valence electrons. The first-order valence-electron chi connectivity index (χ1n) is 5.59. The van der Waals surface area contributed by atoms with E-state index in [1.807, 2.05) is 13.8 Å². The van der Waals surface area contributed by atoms with Crippen molar-refractivity contribution in [3.63, 3.8) is 0 Å². The minimum absolute atomic E-state index is 0.0556. The van der Waals surface area contributed by atoms with E-state index < -0.39 is 5.97 Å². The van der Waals surface area contributed by atoms with Crippen molar-refractivity contribution in [2.75, 3.05) is 13.7 Å². The smallest absolute Gasteiger partial charge is 0.338 e. The third-order valence-corrected chi connectivity index (χ3v) is 2.47. The van der Waals surface area contributed by atoms with Crippen LogP contribution < -0.4 is 4.74 Å². The molecule has 0 atom stereocenters. The second-order valence-electron chi connectivity index (χ2n) is 3.99. The first-order chi connectivity index (χ1) is 8.01. The van der Waals surface area contributed by atoms with Gasteiger partial charge in [0.1, 0.15) is 0 Å². The van der Waals surface area contributed by atoms with Crippen LogP contribution in [0.2, 0.25) is 0 Å². The molecule has 0 saturated heterocycles. The van der Waals surface area contributed by atoms with Gasteiger partial charge in [-0.05, 0) is 30.5 Å². The van der Waals surface area contributed by atoms with E-state index in [1.54, 1.807) is 13.0 Å². The zero-order valence-corrected chi connectivity index (χ0v) is 10.6. The highest BCUT2D eigenvalue weighted by Crippen LogP contribution is 2.33. The van der Waals surface area contributed by atoms with E-state index in [0.29, 0.717) is 17.9 Å². The Morgan fingerprint density at radius 2 is 2.06 bits per heavy atom. The summed E-state index contributed by atoms with van der Waals surface area (Å²) in [5, 5.41) is 9.68. The third kappa shape index (κ3) is 2.90. The van der Waals surface area contributed by atoms with Crippen molar-refractivity contribution in [3.8, 4) is 11.5 Å². The highest BCUT2D eigenvalue weighted by Gasteiger charge is 2.18. The zero-order chi connectivity index (χ0) is 13.0. The van der Waals surface area contributed by atoms with Gasteiger partial charge in [-0.15, -0.1) is 0 Å². The van der Waals surface area contributed by atoms with Gasteiger partial charge in [0.15, 0.2) is 11.5 Å². The molecule has 0 heterocycles. The number of rotatable bonds is 4. The molecule has 1 aromatic rings. The molecule has 0 aliphatic carbocycles. The Labute approximate surface area is 101 Å². The molecule has 0 fully saturated rings. The van der Waals surface area contributed by atoms with Crippen LogP contribution in [0.25, 0.3) is 0 Å². The van der Waals surface area contributed by atoms with Crippen molar-refractivity contribution < 1.29 is 19.4 Å². The molecular weight excluding hydrogens is 220 g/mol. The predicted molar refractivity (Wildman–Crippen MR) is 64.7 cm³/mol. The lowest BCUT2D eigenvalue weighted by Crippen LogP contribution is -2.09. The Morgan fingerprint density at radius 3 is 2.53 bits per heavy atom. The molecule has 0 aliphatic heterocycles. The average molecular weight is 238 g/mol. The third-order valence-electron chi connectivity index (χ3n) is 2.47. The molecule has 0 saturated carbocycles. The molecule has 0 amide bonds.